The summed E-state index contributed by atoms with van der Waals surface area (Å²) in [5.41, 5.74) is 11.6. The van der Waals surface area contributed by atoms with E-state index in [2.05, 4.69) is 52.0 Å². The number of hydrogen-bond acceptors (Lipinski definition) is 0. The van der Waals surface area contributed by atoms with E-state index in [4.69, 9.17) is 0 Å². The molecule has 0 atom stereocenters. The zero-order valence-corrected chi connectivity index (χ0v) is 11.0. The van der Waals surface area contributed by atoms with Gasteiger partial charge in [-0.05, 0) is 78.6 Å². The molecule has 0 bridgehead atoms. The van der Waals surface area contributed by atoms with Crippen LogP contribution in [0.15, 0.2) is 24.3 Å². The molecule has 0 heterocycles. The van der Waals surface area contributed by atoms with Crippen LogP contribution in [0.2, 0.25) is 0 Å². The van der Waals surface area contributed by atoms with Crippen LogP contribution in [-0.4, -0.2) is 0 Å². The Hall–Kier alpha value is -1.56. The van der Waals surface area contributed by atoms with E-state index in [1.165, 1.54) is 44.5 Å². The van der Waals surface area contributed by atoms with Crippen molar-refractivity contribution in [2.75, 3.05) is 0 Å². The summed E-state index contributed by atoms with van der Waals surface area (Å²) in [4.78, 5) is 0. The molecule has 0 spiro atoms. The van der Waals surface area contributed by atoms with Gasteiger partial charge in [0.2, 0.25) is 0 Å². The Morgan fingerprint density at radius 2 is 1.41 bits per heavy atom. The Morgan fingerprint density at radius 1 is 0.765 bits per heavy atom. The summed E-state index contributed by atoms with van der Waals surface area (Å²) in [6.45, 7) is 8.86. The highest BCUT2D eigenvalue weighted by Crippen LogP contribution is 2.41. The van der Waals surface area contributed by atoms with Gasteiger partial charge in [-0.1, -0.05) is 24.3 Å². The average molecular weight is 222 g/mol. The maximum atomic E-state index is 2.36. The molecule has 0 aliphatic heterocycles. The number of rotatable bonds is 0. The lowest BCUT2D eigenvalue weighted by Gasteiger charge is -2.09. The highest BCUT2D eigenvalue weighted by molar-refractivity contribution is 5.81. The standard InChI is InChI=1S/C17H18/c1-10-5-6-11(2)17-15(10)9-14-7-12(3)13(4)8-16(14)17/h5-8H,9H2,1-4H3. The predicted molar refractivity (Wildman–Crippen MR) is 73.6 cm³/mol. The minimum absolute atomic E-state index is 1.11. The molecule has 1 aliphatic carbocycles. The summed E-state index contributed by atoms with van der Waals surface area (Å²) in [5, 5.41) is 0. The molecule has 86 valence electrons. The Labute approximate surface area is 103 Å². The molecule has 3 rings (SSSR count). The van der Waals surface area contributed by atoms with Crippen LogP contribution < -0.4 is 0 Å². The van der Waals surface area contributed by atoms with Gasteiger partial charge >= 0.3 is 0 Å². The summed E-state index contributed by atoms with van der Waals surface area (Å²) in [6.07, 6.45) is 1.11. The van der Waals surface area contributed by atoms with Crippen LogP contribution in [0.25, 0.3) is 11.1 Å². The number of hydrogen-bond donors (Lipinski definition) is 0. The van der Waals surface area contributed by atoms with Crippen LogP contribution in [0, 0.1) is 27.7 Å². The SMILES string of the molecule is Cc1cc2c(cc1C)-c1c(C)ccc(C)c1C2. The van der Waals surface area contributed by atoms with Crippen molar-refractivity contribution in [2.24, 2.45) is 0 Å². The van der Waals surface area contributed by atoms with E-state index in [-0.39, 0.29) is 0 Å². The van der Waals surface area contributed by atoms with Gasteiger partial charge in [0.25, 0.3) is 0 Å². The lowest BCUT2D eigenvalue weighted by Crippen LogP contribution is -1.88. The first-order chi connectivity index (χ1) is 8.08. The molecule has 0 amide bonds. The first-order valence-electron chi connectivity index (χ1n) is 6.27. The van der Waals surface area contributed by atoms with Crippen LogP contribution in [-0.2, 0) is 6.42 Å². The molecule has 0 saturated carbocycles. The molecular weight excluding hydrogens is 204 g/mol. The summed E-state index contributed by atoms with van der Waals surface area (Å²) in [6, 6.07) is 9.23. The van der Waals surface area contributed by atoms with Crippen molar-refractivity contribution in [2.45, 2.75) is 34.1 Å². The van der Waals surface area contributed by atoms with Gasteiger partial charge in [0, 0.05) is 0 Å². The topological polar surface area (TPSA) is 0 Å². The van der Waals surface area contributed by atoms with Gasteiger partial charge in [-0.3, -0.25) is 0 Å². The maximum Gasteiger partial charge on any atom is -0.00106 e. The van der Waals surface area contributed by atoms with Crippen LogP contribution in [0.5, 0.6) is 0 Å². The van der Waals surface area contributed by atoms with Crippen LogP contribution >= 0.6 is 0 Å². The smallest absolute Gasteiger partial charge is 0.00106 e. The molecule has 0 saturated heterocycles. The lowest BCUT2D eigenvalue weighted by molar-refractivity contribution is 1.19. The highest BCUT2D eigenvalue weighted by atomic mass is 14.3. The number of fused-ring (bicyclic) bond motifs is 3. The van der Waals surface area contributed by atoms with Gasteiger partial charge in [0.1, 0.15) is 0 Å². The molecule has 0 radical (unpaired) electrons. The van der Waals surface area contributed by atoms with Gasteiger partial charge in [0.05, 0.1) is 0 Å². The molecule has 2 aromatic carbocycles. The first-order valence-corrected chi connectivity index (χ1v) is 6.27. The molecule has 0 N–H and O–H groups in total. The molecule has 0 aromatic heterocycles. The predicted octanol–water partition coefficient (Wildman–Crippen LogP) is 4.49. The molecule has 0 nitrogen and oxygen atoms in total. The van der Waals surface area contributed by atoms with Gasteiger partial charge in [-0.15, -0.1) is 0 Å². The number of benzene rings is 2. The minimum Gasteiger partial charge on any atom is -0.0587 e. The van der Waals surface area contributed by atoms with E-state index in [0.29, 0.717) is 0 Å². The van der Waals surface area contributed by atoms with Gasteiger partial charge in [-0.2, -0.15) is 0 Å². The van der Waals surface area contributed by atoms with Crippen molar-refractivity contribution in [3.05, 3.63) is 57.6 Å². The fraction of sp³-hybridized carbons (Fsp3) is 0.294. The third-order valence-electron chi connectivity index (χ3n) is 4.11. The molecule has 0 unspecified atom stereocenters. The van der Waals surface area contributed by atoms with Crippen molar-refractivity contribution in [1.29, 1.82) is 0 Å². The van der Waals surface area contributed by atoms with Crippen molar-refractivity contribution < 1.29 is 0 Å². The Bertz CT molecular complexity index is 618. The van der Waals surface area contributed by atoms with Gasteiger partial charge in [-0.25, -0.2) is 0 Å². The quantitative estimate of drug-likeness (QED) is 0.525. The van der Waals surface area contributed by atoms with E-state index in [9.17, 15) is 0 Å². The van der Waals surface area contributed by atoms with Crippen LogP contribution in [0.3, 0.4) is 0 Å². The molecule has 2 aromatic rings. The molecule has 0 fully saturated rings. The summed E-state index contributed by atoms with van der Waals surface area (Å²) in [5.74, 6) is 0. The monoisotopic (exact) mass is 222 g/mol. The Balaban J connectivity index is 2.34. The lowest BCUT2D eigenvalue weighted by atomic mass is 9.96. The van der Waals surface area contributed by atoms with E-state index in [1.807, 2.05) is 0 Å². The maximum absolute atomic E-state index is 2.36. The van der Waals surface area contributed by atoms with E-state index in [1.54, 1.807) is 0 Å². The molecular formula is C17H18. The van der Waals surface area contributed by atoms with Gasteiger partial charge < -0.3 is 0 Å². The average Bonchev–Trinajstić information content (AvgIpc) is 2.64. The number of aryl methyl sites for hydroxylation is 4. The Kier molecular flexibility index (Phi) is 2.16. The molecule has 17 heavy (non-hydrogen) atoms. The van der Waals surface area contributed by atoms with E-state index >= 15 is 0 Å². The second-order valence-electron chi connectivity index (χ2n) is 5.32. The fourth-order valence-corrected chi connectivity index (χ4v) is 2.92. The van der Waals surface area contributed by atoms with Crippen molar-refractivity contribution in [1.82, 2.24) is 0 Å². The highest BCUT2D eigenvalue weighted by Gasteiger charge is 2.22. The van der Waals surface area contributed by atoms with Crippen molar-refractivity contribution >= 4 is 0 Å². The second-order valence-corrected chi connectivity index (χ2v) is 5.32. The molecule has 1 aliphatic rings. The summed E-state index contributed by atoms with van der Waals surface area (Å²) < 4.78 is 0. The fourth-order valence-electron chi connectivity index (χ4n) is 2.92. The first kappa shape index (κ1) is 10.6. The van der Waals surface area contributed by atoms with Gasteiger partial charge in [0.15, 0.2) is 0 Å². The Morgan fingerprint density at radius 3 is 2.18 bits per heavy atom. The summed E-state index contributed by atoms with van der Waals surface area (Å²) in [7, 11) is 0. The third-order valence-corrected chi connectivity index (χ3v) is 4.11. The second kappa shape index (κ2) is 3.46. The van der Waals surface area contributed by atoms with Crippen LogP contribution in [0.4, 0.5) is 0 Å². The zero-order valence-electron chi connectivity index (χ0n) is 11.0. The molecule has 0 heteroatoms. The van der Waals surface area contributed by atoms with Crippen molar-refractivity contribution in [3.8, 4) is 11.1 Å². The van der Waals surface area contributed by atoms with Crippen molar-refractivity contribution in [3.63, 3.8) is 0 Å². The largest absolute Gasteiger partial charge is 0.0587 e. The zero-order chi connectivity index (χ0) is 12.2. The minimum atomic E-state index is 1.11. The third kappa shape index (κ3) is 1.44. The van der Waals surface area contributed by atoms with E-state index < -0.39 is 0 Å². The summed E-state index contributed by atoms with van der Waals surface area (Å²) >= 11 is 0. The van der Waals surface area contributed by atoms with E-state index in [0.717, 1.165) is 6.42 Å². The van der Waals surface area contributed by atoms with Crippen LogP contribution in [0.1, 0.15) is 33.4 Å². The normalized spacial score (nSPS) is 12.5.